The van der Waals surface area contributed by atoms with Crippen LogP contribution in [0.2, 0.25) is 0 Å². The molecule has 7 heteroatoms. The second-order valence-corrected chi connectivity index (χ2v) is 8.51. The molecule has 1 aromatic heterocycles. The van der Waals surface area contributed by atoms with E-state index in [4.69, 9.17) is 14.0 Å². The first kappa shape index (κ1) is 23.0. The van der Waals surface area contributed by atoms with Crippen LogP contribution >= 0.6 is 0 Å². The summed E-state index contributed by atoms with van der Waals surface area (Å²) in [4.78, 5) is 15.2. The Hall–Kier alpha value is -3.16. The zero-order chi connectivity index (χ0) is 23.2. The molecule has 1 fully saturated rings. The molecule has 4 rings (SSSR count). The molecule has 2 heterocycles. The number of ether oxygens (including phenoxy) is 2. The van der Waals surface area contributed by atoms with Crippen molar-refractivity contribution >= 4 is 5.91 Å². The Labute approximate surface area is 194 Å². The Balaban J connectivity index is 1.44. The van der Waals surface area contributed by atoms with Crippen molar-refractivity contribution < 1.29 is 18.8 Å². The molecule has 1 unspecified atom stereocenters. The van der Waals surface area contributed by atoms with Crippen molar-refractivity contribution in [1.29, 1.82) is 0 Å². The summed E-state index contributed by atoms with van der Waals surface area (Å²) >= 11 is 0. The van der Waals surface area contributed by atoms with E-state index in [1.165, 1.54) is 5.56 Å². The summed E-state index contributed by atoms with van der Waals surface area (Å²) in [5.41, 5.74) is 3.28. The van der Waals surface area contributed by atoms with Crippen molar-refractivity contribution in [1.82, 2.24) is 15.4 Å². The summed E-state index contributed by atoms with van der Waals surface area (Å²) in [5.74, 6) is 1.13. The molecule has 1 amide bonds. The van der Waals surface area contributed by atoms with E-state index in [0.717, 1.165) is 30.0 Å². The minimum Gasteiger partial charge on any atom is -0.491 e. The molecule has 1 aliphatic rings. The second kappa shape index (κ2) is 10.6. The first-order chi connectivity index (χ1) is 16.0. The maximum absolute atomic E-state index is 12.9. The SMILES string of the molecule is Cc1cc(-c2cc(C(=O)NCC(c3ccccc3)N3CCOCC3)no2)ccc1OC(C)C. The van der Waals surface area contributed by atoms with E-state index >= 15 is 0 Å². The minimum absolute atomic E-state index is 0.0709. The van der Waals surface area contributed by atoms with Crippen molar-refractivity contribution in [3.63, 3.8) is 0 Å². The summed E-state index contributed by atoms with van der Waals surface area (Å²) in [5, 5.41) is 7.04. The van der Waals surface area contributed by atoms with Gasteiger partial charge in [-0.15, -0.1) is 0 Å². The van der Waals surface area contributed by atoms with Crippen LogP contribution in [-0.4, -0.2) is 54.9 Å². The van der Waals surface area contributed by atoms with Crippen LogP contribution in [0.4, 0.5) is 0 Å². The molecule has 174 valence electrons. The molecule has 0 saturated carbocycles. The van der Waals surface area contributed by atoms with Crippen molar-refractivity contribution in [2.75, 3.05) is 32.8 Å². The number of amides is 1. The molecule has 33 heavy (non-hydrogen) atoms. The summed E-state index contributed by atoms with van der Waals surface area (Å²) in [6.07, 6.45) is 0.104. The average molecular weight is 450 g/mol. The number of nitrogens with one attached hydrogen (secondary N) is 1. The van der Waals surface area contributed by atoms with Crippen LogP contribution in [0.25, 0.3) is 11.3 Å². The maximum Gasteiger partial charge on any atom is 0.273 e. The highest BCUT2D eigenvalue weighted by Gasteiger charge is 2.24. The Morgan fingerprint density at radius 3 is 2.58 bits per heavy atom. The van der Waals surface area contributed by atoms with Gasteiger partial charge in [0.25, 0.3) is 5.91 Å². The van der Waals surface area contributed by atoms with Crippen molar-refractivity contribution in [2.45, 2.75) is 32.9 Å². The molecule has 1 atom stereocenters. The third kappa shape index (κ3) is 5.80. The minimum atomic E-state index is -0.254. The first-order valence-electron chi connectivity index (χ1n) is 11.4. The Morgan fingerprint density at radius 2 is 1.88 bits per heavy atom. The molecular weight excluding hydrogens is 418 g/mol. The molecule has 1 aliphatic heterocycles. The standard InChI is InChI=1S/C26H31N3O4/c1-18(2)32-24-10-9-21(15-19(24)3)25-16-22(28-33-25)26(30)27-17-23(20-7-5-4-6-8-20)29-11-13-31-14-12-29/h4-10,15-16,18,23H,11-14,17H2,1-3H3,(H,27,30). The van der Waals surface area contributed by atoms with Crippen LogP contribution in [0.3, 0.4) is 0 Å². The third-order valence-electron chi connectivity index (χ3n) is 5.69. The number of rotatable bonds is 8. The van der Waals surface area contributed by atoms with Crippen molar-refractivity contribution in [3.8, 4) is 17.1 Å². The zero-order valence-electron chi connectivity index (χ0n) is 19.4. The fourth-order valence-corrected chi connectivity index (χ4v) is 4.01. The van der Waals surface area contributed by atoms with Crippen molar-refractivity contribution in [3.05, 3.63) is 71.4 Å². The lowest BCUT2D eigenvalue weighted by Crippen LogP contribution is -2.43. The molecule has 2 aromatic carbocycles. The number of carbonyl (C=O) groups excluding carboxylic acids is 1. The molecule has 0 radical (unpaired) electrons. The smallest absolute Gasteiger partial charge is 0.273 e. The van der Waals surface area contributed by atoms with Crippen LogP contribution in [-0.2, 0) is 4.74 Å². The lowest BCUT2D eigenvalue weighted by atomic mass is 10.0. The topological polar surface area (TPSA) is 76.8 Å². The highest BCUT2D eigenvalue weighted by atomic mass is 16.5. The molecule has 7 nitrogen and oxygen atoms in total. The van der Waals surface area contributed by atoms with E-state index in [-0.39, 0.29) is 23.7 Å². The van der Waals surface area contributed by atoms with Gasteiger partial charge in [-0.3, -0.25) is 9.69 Å². The van der Waals surface area contributed by atoms with Gasteiger partial charge in [-0.1, -0.05) is 35.5 Å². The summed E-state index contributed by atoms with van der Waals surface area (Å²) < 4.78 is 16.8. The third-order valence-corrected chi connectivity index (χ3v) is 5.69. The molecule has 1 saturated heterocycles. The average Bonchev–Trinajstić information content (AvgIpc) is 3.32. The Morgan fingerprint density at radius 1 is 1.12 bits per heavy atom. The maximum atomic E-state index is 12.9. The fourth-order valence-electron chi connectivity index (χ4n) is 4.01. The fraction of sp³-hybridized carbons (Fsp3) is 0.385. The van der Waals surface area contributed by atoms with Gasteiger partial charge in [0, 0.05) is 31.3 Å². The van der Waals surface area contributed by atoms with Gasteiger partial charge in [0.15, 0.2) is 11.5 Å². The molecule has 3 aromatic rings. The Bertz CT molecular complexity index is 1060. The summed E-state index contributed by atoms with van der Waals surface area (Å²) in [6.45, 7) is 9.52. The molecular formula is C26H31N3O4. The van der Waals surface area contributed by atoms with Crippen LogP contribution < -0.4 is 10.1 Å². The van der Waals surface area contributed by atoms with Gasteiger partial charge in [0.05, 0.1) is 25.4 Å². The number of aromatic nitrogens is 1. The van der Waals surface area contributed by atoms with Crippen LogP contribution in [0.1, 0.15) is 41.5 Å². The monoisotopic (exact) mass is 449 g/mol. The van der Waals surface area contributed by atoms with E-state index in [2.05, 4.69) is 27.5 Å². The number of hydrogen-bond donors (Lipinski definition) is 1. The second-order valence-electron chi connectivity index (χ2n) is 8.51. The normalized spacial score (nSPS) is 15.4. The highest BCUT2D eigenvalue weighted by Crippen LogP contribution is 2.27. The lowest BCUT2D eigenvalue weighted by Gasteiger charge is -2.34. The quantitative estimate of drug-likeness (QED) is 0.554. The summed E-state index contributed by atoms with van der Waals surface area (Å²) in [6, 6.07) is 17.8. The van der Waals surface area contributed by atoms with E-state index in [1.54, 1.807) is 6.07 Å². The van der Waals surface area contributed by atoms with Crippen LogP contribution in [0.15, 0.2) is 59.1 Å². The van der Waals surface area contributed by atoms with E-state index in [0.29, 0.717) is 25.5 Å². The van der Waals surface area contributed by atoms with E-state index < -0.39 is 0 Å². The molecule has 0 aliphatic carbocycles. The van der Waals surface area contributed by atoms with Gasteiger partial charge in [-0.05, 0) is 50.1 Å². The van der Waals surface area contributed by atoms with Gasteiger partial charge in [-0.25, -0.2) is 0 Å². The molecule has 0 spiro atoms. The number of morpholine rings is 1. The zero-order valence-corrected chi connectivity index (χ0v) is 19.4. The van der Waals surface area contributed by atoms with Gasteiger partial charge >= 0.3 is 0 Å². The predicted octanol–water partition coefficient (Wildman–Crippen LogP) is 4.24. The molecule has 0 bridgehead atoms. The van der Waals surface area contributed by atoms with E-state index in [1.807, 2.05) is 57.2 Å². The van der Waals surface area contributed by atoms with Gasteiger partial charge in [-0.2, -0.15) is 0 Å². The lowest BCUT2D eigenvalue weighted by molar-refractivity contribution is 0.0162. The molecule has 1 N–H and O–H groups in total. The van der Waals surface area contributed by atoms with Gasteiger partial charge < -0.3 is 19.3 Å². The highest BCUT2D eigenvalue weighted by molar-refractivity contribution is 5.93. The van der Waals surface area contributed by atoms with Crippen LogP contribution in [0.5, 0.6) is 5.75 Å². The number of hydrogen-bond acceptors (Lipinski definition) is 6. The van der Waals surface area contributed by atoms with Crippen LogP contribution in [0, 0.1) is 6.92 Å². The number of nitrogens with zero attached hydrogens (tertiary/aromatic N) is 2. The Kier molecular flexibility index (Phi) is 7.42. The number of aryl methyl sites for hydroxylation is 1. The first-order valence-corrected chi connectivity index (χ1v) is 11.4. The largest absolute Gasteiger partial charge is 0.491 e. The van der Waals surface area contributed by atoms with E-state index in [9.17, 15) is 4.79 Å². The number of benzene rings is 2. The summed E-state index contributed by atoms with van der Waals surface area (Å²) in [7, 11) is 0. The van der Waals surface area contributed by atoms with Gasteiger partial charge in [0.1, 0.15) is 5.75 Å². The number of carbonyl (C=O) groups is 1. The van der Waals surface area contributed by atoms with Crippen molar-refractivity contribution in [2.24, 2.45) is 0 Å². The predicted molar refractivity (Wildman–Crippen MR) is 126 cm³/mol. The van der Waals surface area contributed by atoms with Gasteiger partial charge in [0.2, 0.25) is 0 Å².